The van der Waals surface area contributed by atoms with Crippen LogP contribution >= 0.6 is 13.5 Å². The van der Waals surface area contributed by atoms with E-state index in [0.717, 1.165) is 0 Å². The van der Waals surface area contributed by atoms with Crippen LogP contribution in [0.15, 0.2) is 0 Å². The van der Waals surface area contributed by atoms with Gasteiger partial charge in [-0.2, -0.15) is 13.5 Å². The normalized spacial score (nSPS) is 0. The van der Waals surface area contributed by atoms with Gasteiger partial charge in [-0.15, -0.1) is 0 Å². The molecule has 0 radical (unpaired) electrons. The maximum atomic E-state index is 0. The molecule has 0 N–H and O–H groups in total. The van der Waals surface area contributed by atoms with E-state index in [0.29, 0.717) is 0 Å². The second-order valence-electron chi connectivity index (χ2n) is 0. The molecule has 0 saturated heterocycles. The minimum atomic E-state index is 0. The van der Waals surface area contributed by atoms with Crippen molar-refractivity contribution in [2.45, 2.75) is 7.43 Å². The van der Waals surface area contributed by atoms with Crippen molar-refractivity contribution in [1.29, 1.82) is 0 Å². The molecule has 0 saturated carbocycles. The van der Waals surface area contributed by atoms with Crippen LogP contribution in [0.25, 0.3) is 0 Å². The summed E-state index contributed by atoms with van der Waals surface area (Å²) in [5, 5.41) is 0. The van der Waals surface area contributed by atoms with E-state index >= 15 is 0 Å². The molecule has 0 nitrogen and oxygen atoms in total. The third-order valence-corrected chi connectivity index (χ3v) is 0. The molecule has 0 spiro atoms. The minimum absolute atomic E-state index is 0. The molecule has 0 aromatic rings. The van der Waals surface area contributed by atoms with E-state index in [2.05, 4.69) is 0 Å². The Balaban J connectivity index is 0. The van der Waals surface area contributed by atoms with Crippen molar-refractivity contribution in [3.05, 3.63) is 0 Å². The Morgan fingerprint density at radius 2 is 1.00 bits per heavy atom. The summed E-state index contributed by atoms with van der Waals surface area (Å²) in [6.07, 6.45) is 0. The van der Waals surface area contributed by atoms with Crippen LogP contribution in [0.1, 0.15) is 7.43 Å². The Morgan fingerprint density at radius 3 is 1.00 bits per heavy atom. The van der Waals surface area contributed by atoms with Gasteiger partial charge in [-0.1, -0.05) is 7.43 Å². The van der Waals surface area contributed by atoms with Gasteiger partial charge in [-0.25, -0.2) is 0 Å². The molecular formula is CH10SSeTe. The SMILES string of the molecule is C.S.[SeH2].[TeH2]. The predicted molar refractivity (Wildman–Crippen MR) is 34.2 cm³/mol. The quantitative estimate of drug-likeness (QED) is 0.486. The summed E-state index contributed by atoms with van der Waals surface area (Å²) in [7, 11) is 0. The first-order chi connectivity index (χ1) is 0. The van der Waals surface area contributed by atoms with Crippen molar-refractivity contribution in [1.82, 2.24) is 0 Å². The Kier molecular flexibility index (Phi) is 253. The van der Waals surface area contributed by atoms with Gasteiger partial charge in [0, 0.05) is 0 Å². The third kappa shape index (κ3) is 9.40. The summed E-state index contributed by atoms with van der Waals surface area (Å²) < 4.78 is 0. The Bertz CT molecular complexity index is 8.00. The Morgan fingerprint density at radius 1 is 1.00 bits per heavy atom. The third-order valence-electron chi connectivity index (χ3n) is 0. The fourth-order valence-corrected chi connectivity index (χ4v) is 0. The van der Waals surface area contributed by atoms with Gasteiger partial charge in [-0.05, 0) is 0 Å². The van der Waals surface area contributed by atoms with Gasteiger partial charge in [0.25, 0.3) is 0 Å². The van der Waals surface area contributed by atoms with Crippen molar-refractivity contribution >= 4 is 54.2 Å². The molecule has 0 aliphatic rings. The first-order valence-corrected chi connectivity index (χ1v) is 0. The molecule has 0 amide bonds. The molecule has 0 heterocycles. The summed E-state index contributed by atoms with van der Waals surface area (Å²) in [5.41, 5.74) is 0. The van der Waals surface area contributed by atoms with Crippen LogP contribution in [0.5, 0.6) is 0 Å². The van der Waals surface area contributed by atoms with E-state index in [1.165, 1.54) is 0 Å². The van der Waals surface area contributed by atoms with Crippen LogP contribution in [-0.2, 0) is 0 Å². The molecule has 0 unspecified atom stereocenters. The number of rotatable bonds is 0. The monoisotopic (exact) mass is 264 g/mol. The number of hydrogen-bond acceptors (Lipinski definition) is 0. The molecular weight excluding hydrogens is 251 g/mol. The first-order valence-electron chi connectivity index (χ1n) is 0. The Labute approximate surface area is 61.4 Å². The van der Waals surface area contributed by atoms with Crippen molar-refractivity contribution in [3.8, 4) is 0 Å². The zero-order valence-electron chi connectivity index (χ0n) is 1.50. The molecule has 0 aliphatic heterocycles. The van der Waals surface area contributed by atoms with Crippen molar-refractivity contribution < 1.29 is 0 Å². The summed E-state index contributed by atoms with van der Waals surface area (Å²) in [6, 6.07) is 0. The van der Waals surface area contributed by atoms with Crippen molar-refractivity contribution in [2.75, 3.05) is 0 Å². The van der Waals surface area contributed by atoms with Gasteiger partial charge in [-0.3, -0.25) is 0 Å². The van der Waals surface area contributed by atoms with Gasteiger partial charge in [0.2, 0.25) is 0 Å². The van der Waals surface area contributed by atoms with Gasteiger partial charge in [0.15, 0.2) is 0 Å². The molecule has 0 rings (SSSR count). The van der Waals surface area contributed by atoms with Gasteiger partial charge in [0.05, 0.1) is 0 Å². The summed E-state index contributed by atoms with van der Waals surface area (Å²) in [5.74, 6) is 0. The van der Waals surface area contributed by atoms with Gasteiger partial charge >= 0.3 is 40.7 Å². The van der Waals surface area contributed by atoms with Crippen molar-refractivity contribution in [3.63, 3.8) is 0 Å². The summed E-state index contributed by atoms with van der Waals surface area (Å²) in [4.78, 5) is 0. The van der Waals surface area contributed by atoms with Gasteiger partial charge in [0.1, 0.15) is 0 Å². The van der Waals surface area contributed by atoms with Crippen LogP contribution in [0.2, 0.25) is 0 Å². The molecule has 3 heteroatoms. The molecule has 0 atom stereocenters. The zero-order chi connectivity index (χ0) is 0. The molecule has 0 bridgehead atoms. The predicted octanol–water partition coefficient (Wildman–Crippen LogP) is -1.08. The van der Waals surface area contributed by atoms with E-state index in [-0.39, 0.29) is 61.7 Å². The van der Waals surface area contributed by atoms with E-state index in [4.69, 9.17) is 0 Å². The van der Waals surface area contributed by atoms with E-state index in [1.54, 1.807) is 0 Å². The van der Waals surface area contributed by atoms with Crippen LogP contribution in [-0.4, -0.2) is 40.7 Å². The van der Waals surface area contributed by atoms with Crippen LogP contribution in [0, 0.1) is 0 Å². The van der Waals surface area contributed by atoms with E-state index in [9.17, 15) is 0 Å². The average Bonchev–Trinajstić information content (AvgIpc) is 0. The standard InChI is InChI=1S/CH4.H2S.H2Se.H2Te/h1H4;3*1H2. The van der Waals surface area contributed by atoms with Gasteiger partial charge < -0.3 is 0 Å². The van der Waals surface area contributed by atoms with Crippen LogP contribution in [0.3, 0.4) is 0 Å². The van der Waals surface area contributed by atoms with Crippen LogP contribution < -0.4 is 0 Å². The molecule has 0 aliphatic carbocycles. The second-order valence-corrected chi connectivity index (χ2v) is 0. The first kappa shape index (κ1) is 44.6. The topological polar surface area (TPSA) is 0 Å². The maximum absolute atomic E-state index is 0. The van der Waals surface area contributed by atoms with Crippen molar-refractivity contribution in [2.24, 2.45) is 0 Å². The summed E-state index contributed by atoms with van der Waals surface area (Å²) >= 11 is 0. The molecule has 0 fully saturated rings. The van der Waals surface area contributed by atoms with E-state index < -0.39 is 0 Å². The fraction of sp³-hybridized carbons (Fsp3) is 1.00. The second kappa shape index (κ2) is 22.7. The zero-order valence-corrected chi connectivity index (χ0v) is 7.45. The van der Waals surface area contributed by atoms with Crippen LogP contribution in [0.4, 0.5) is 0 Å². The fourth-order valence-electron chi connectivity index (χ4n) is 0. The molecule has 32 valence electrons. The van der Waals surface area contributed by atoms with E-state index in [1.807, 2.05) is 0 Å². The molecule has 0 aromatic carbocycles. The summed E-state index contributed by atoms with van der Waals surface area (Å²) in [6.45, 7) is 0. The number of hydrogen-bond donors (Lipinski definition) is 0. The molecule has 0 aromatic heterocycles. The molecule has 4 heavy (non-hydrogen) atoms. The average molecular weight is 261 g/mol. The Hall–Kier alpha value is 1.66.